The molecule has 1 heterocycles. The Morgan fingerprint density at radius 2 is 2.18 bits per heavy atom. The Bertz CT molecular complexity index is 502. The number of esters is 1. The SMILES string of the molecule is COC(=O)C#Cc1cc(Cl)ncc1C(F)(F)F. The van der Waals surface area contributed by atoms with Crippen LogP contribution in [0.1, 0.15) is 11.1 Å². The summed E-state index contributed by atoms with van der Waals surface area (Å²) >= 11 is 5.45. The van der Waals surface area contributed by atoms with E-state index in [-0.39, 0.29) is 5.15 Å². The van der Waals surface area contributed by atoms with Crippen molar-refractivity contribution in [1.82, 2.24) is 4.98 Å². The first-order valence-electron chi connectivity index (χ1n) is 4.17. The highest BCUT2D eigenvalue weighted by Gasteiger charge is 2.33. The largest absolute Gasteiger partial charge is 0.459 e. The zero-order valence-electron chi connectivity index (χ0n) is 8.43. The average molecular weight is 264 g/mol. The van der Waals surface area contributed by atoms with E-state index in [4.69, 9.17) is 11.6 Å². The lowest BCUT2D eigenvalue weighted by atomic mass is 10.1. The van der Waals surface area contributed by atoms with E-state index in [1.165, 1.54) is 0 Å². The van der Waals surface area contributed by atoms with Gasteiger partial charge < -0.3 is 4.74 Å². The number of halogens is 4. The van der Waals surface area contributed by atoms with Crippen LogP contribution in [0.25, 0.3) is 0 Å². The van der Waals surface area contributed by atoms with Crippen molar-refractivity contribution in [3.63, 3.8) is 0 Å². The zero-order chi connectivity index (χ0) is 13.1. The second kappa shape index (κ2) is 5.06. The van der Waals surface area contributed by atoms with Crippen LogP contribution in [0.3, 0.4) is 0 Å². The van der Waals surface area contributed by atoms with Crippen molar-refractivity contribution >= 4 is 17.6 Å². The van der Waals surface area contributed by atoms with Crippen molar-refractivity contribution in [2.45, 2.75) is 6.18 Å². The van der Waals surface area contributed by atoms with E-state index in [0.29, 0.717) is 6.20 Å². The van der Waals surface area contributed by atoms with Crippen molar-refractivity contribution in [2.75, 3.05) is 7.11 Å². The summed E-state index contributed by atoms with van der Waals surface area (Å²) in [5.74, 6) is 2.99. The third kappa shape index (κ3) is 3.64. The summed E-state index contributed by atoms with van der Waals surface area (Å²) in [6, 6.07) is 0.931. The number of pyridine rings is 1. The number of rotatable bonds is 0. The first kappa shape index (κ1) is 13.3. The van der Waals surface area contributed by atoms with Crippen LogP contribution in [0.2, 0.25) is 5.15 Å². The molecule has 17 heavy (non-hydrogen) atoms. The second-order valence-corrected chi connectivity index (χ2v) is 3.18. The normalized spacial score (nSPS) is 10.4. The van der Waals surface area contributed by atoms with Crippen LogP contribution in [-0.4, -0.2) is 18.1 Å². The van der Waals surface area contributed by atoms with Crippen molar-refractivity contribution in [2.24, 2.45) is 0 Å². The van der Waals surface area contributed by atoms with Gasteiger partial charge in [0.05, 0.1) is 12.7 Å². The molecule has 0 atom stereocenters. The number of aromatic nitrogens is 1. The van der Waals surface area contributed by atoms with E-state index < -0.39 is 23.3 Å². The molecule has 0 aromatic carbocycles. The third-order valence-corrected chi connectivity index (χ3v) is 1.87. The molecule has 90 valence electrons. The van der Waals surface area contributed by atoms with Crippen molar-refractivity contribution < 1.29 is 22.7 Å². The lowest BCUT2D eigenvalue weighted by Gasteiger charge is -2.08. The zero-order valence-corrected chi connectivity index (χ0v) is 9.19. The number of hydrogen-bond acceptors (Lipinski definition) is 3. The number of carbonyl (C=O) groups is 1. The highest BCUT2D eigenvalue weighted by Crippen LogP contribution is 2.31. The second-order valence-electron chi connectivity index (χ2n) is 2.79. The number of nitrogens with zero attached hydrogens (tertiary/aromatic N) is 1. The Morgan fingerprint density at radius 3 is 2.71 bits per heavy atom. The lowest BCUT2D eigenvalue weighted by Crippen LogP contribution is -2.08. The van der Waals surface area contributed by atoms with Gasteiger partial charge in [0.2, 0.25) is 0 Å². The summed E-state index contributed by atoms with van der Waals surface area (Å²) in [5, 5.41) is -0.146. The first-order chi connectivity index (χ1) is 7.84. The fourth-order valence-electron chi connectivity index (χ4n) is 0.929. The fraction of sp³-hybridized carbons (Fsp3) is 0.200. The molecule has 0 aliphatic heterocycles. The van der Waals surface area contributed by atoms with Gasteiger partial charge in [-0.05, 0) is 6.07 Å². The van der Waals surface area contributed by atoms with Crippen LogP contribution in [-0.2, 0) is 15.7 Å². The van der Waals surface area contributed by atoms with Gasteiger partial charge in [0.25, 0.3) is 0 Å². The standard InChI is InChI=1S/C10H5ClF3NO2/c1-17-9(16)3-2-6-4-8(11)15-5-7(6)10(12,13)14/h4-5H,1H3. The Morgan fingerprint density at radius 1 is 1.53 bits per heavy atom. The molecule has 1 aromatic rings. The molecule has 3 nitrogen and oxygen atoms in total. The predicted octanol–water partition coefficient (Wildman–Crippen LogP) is 2.28. The Kier molecular flexibility index (Phi) is 3.97. The van der Waals surface area contributed by atoms with Crippen LogP contribution in [0, 0.1) is 11.8 Å². The number of carbonyl (C=O) groups excluding carboxylic acids is 1. The minimum absolute atomic E-state index is 0.146. The van der Waals surface area contributed by atoms with Crippen LogP contribution < -0.4 is 0 Å². The Hall–Kier alpha value is -1.74. The number of methoxy groups -OCH3 is 1. The predicted molar refractivity (Wildman–Crippen MR) is 53.1 cm³/mol. The van der Waals surface area contributed by atoms with Crippen molar-refractivity contribution in [3.8, 4) is 11.8 Å². The van der Waals surface area contributed by atoms with E-state index in [2.05, 4.69) is 9.72 Å². The van der Waals surface area contributed by atoms with Gasteiger partial charge in [0.1, 0.15) is 5.15 Å². The number of alkyl halides is 3. The van der Waals surface area contributed by atoms with Crippen molar-refractivity contribution in [1.29, 1.82) is 0 Å². The molecular weight excluding hydrogens is 259 g/mol. The van der Waals surface area contributed by atoms with Gasteiger partial charge in [-0.3, -0.25) is 0 Å². The maximum Gasteiger partial charge on any atom is 0.419 e. The molecule has 0 aliphatic rings. The highest BCUT2D eigenvalue weighted by atomic mass is 35.5. The molecule has 0 N–H and O–H groups in total. The van der Waals surface area contributed by atoms with E-state index >= 15 is 0 Å². The molecule has 7 heteroatoms. The molecule has 0 saturated heterocycles. The minimum atomic E-state index is -4.61. The Labute approximate surface area is 99.5 Å². The molecule has 0 spiro atoms. The van der Waals surface area contributed by atoms with Gasteiger partial charge >= 0.3 is 12.1 Å². The quantitative estimate of drug-likeness (QED) is 0.409. The summed E-state index contributed by atoms with van der Waals surface area (Å²) in [4.78, 5) is 14.0. The summed E-state index contributed by atoms with van der Waals surface area (Å²) in [6.07, 6.45) is -4.05. The molecule has 0 fully saturated rings. The fourth-order valence-corrected chi connectivity index (χ4v) is 1.09. The lowest BCUT2D eigenvalue weighted by molar-refractivity contribution is -0.138. The summed E-state index contributed by atoms with van der Waals surface area (Å²) in [5.41, 5.74) is -1.48. The molecular formula is C10H5ClF3NO2. The van der Waals surface area contributed by atoms with Gasteiger partial charge in [-0.1, -0.05) is 17.5 Å². The Balaban J connectivity index is 3.24. The van der Waals surface area contributed by atoms with Crippen molar-refractivity contribution in [3.05, 3.63) is 28.5 Å². The van der Waals surface area contributed by atoms with E-state index in [1.807, 2.05) is 11.8 Å². The van der Waals surface area contributed by atoms with Crippen LogP contribution in [0.5, 0.6) is 0 Å². The average Bonchev–Trinajstić information content (AvgIpc) is 2.24. The maximum absolute atomic E-state index is 12.5. The minimum Gasteiger partial charge on any atom is -0.459 e. The van der Waals surface area contributed by atoms with Gasteiger partial charge in [-0.25, -0.2) is 9.78 Å². The van der Waals surface area contributed by atoms with Gasteiger partial charge in [-0.2, -0.15) is 13.2 Å². The molecule has 0 radical (unpaired) electrons. The first-order valence-corrected chi connectivity index (χ1v) is 4.55. The van der Waals surface area contributed by atoms with Crippen LogP contribution in [0.15, 0.2) is 12.3 Å². The van der Waals surface area contributed by atoms with E-state index in [1.54, 1.807) is 0 Å². The highest BCUT2D eigenvalue weighted by molar-refractivity contribution is 6.29. The molecule has 0 bridgehead atoms. The monoisotopic (exact) mass is 263 g/mol. The summed E-state index contributed by atoms with van der Waals surface area (Å²) in [6.45, 7) is 0. The van der Waals surface area contributed by atoms with Gasteiger partial charge in [-0.15, -0.1) is 0 Å². The molecule has 0 unspecified atom stereocenters. The van der Waals surface area contributed by atoms with Crippen LogP contribution in [0.4, 0.5) is 13.2 Å². The maximum atomic E-state index is 12.5. The third-order valence-electron chi connectivity index (χ3n) is 1.66. The molecule has 1 aromatic heterocycles. The molecule has 0 aliphatic carbocycles. The number of ether oxygens (including phenoxy) is 1. The smallest absolute Gasteiger partial charge is 0.419 e. The van der Waals surface area contributed by atoms with Gasteiger partial charge in [0, 0.05) is 17.7 Å². The van der Waals surface area contributed by atoms with E-state index in [9.17, 15) is 18.0 Å². The topological polar surface area (TPSA) is 39.2 Å². The summed E-state index contributed by atoms with van der Waals surface area (Å²) < 4.78 is 41.7. The van der Waals surface area contributed by atoms with Gasteiger partial charge in [0.15, 0.2) is 0 Å². The molecule has 1 rings (SSSR count). The van der Waals surface area contributed by atoms with E-state index in [0.717, 1.165) is 13.2 Å². The number of hydrogen-bond donors (Lipinski definition) is 0. The molecule has 0 saturated carbocycles. The summed E-state index contributed by atoms with van der Waals surface area (Å²) in [7, 11) is 1.07. The van der Waals surface area contributed by atoms with Crippen LogP contribution >= 0.6 is 11.6 Å². The molecule has 0 amide bonds.